The number of carbonyl (C=O) groups excluding carboxylic acids is 1. The molecule has 0 spiro atoms. The highest BCUT2D eigenvalue weighted by molar-refractivity contribution is 5.95. The molecule has 27 heavy (non-hydrogen) atoms. The average molecular weight is 376 g/mol. The van der Waals surface area contributed by atoms with Crippen LogP contribution in [-0.4, -0.2) is 46.1 Å². The number of piperidine rings is 1. The van der Waals surface area contributed by atoms with Gasteiger partial charge in [-0.25, -0.2) is 9.18 Å². The molecule has 0 amide bonds. The van der Waals surface area contributed by atoms with Crippen molar-refractivity contribution in [1.29, 1.82) is 0 Å². The Labute approximate surface area is 154 Å². The van der Waals surface area contributed by atoms with Crippen molar-refractivity contribution in [1.82, 2.24) is 4.98 Å². The van der Waals surface area contributed by atoms with Gasteiger partial charge in [-0.2, -0.15) is 0 Å². The van der Waals surface area contributed by atoms with Gasteiger partial charge in [0.15, 0.2) is 0 Å². The summed E-state index contributed by atoms with van der Waals surface area (Å²) in [6.07, 6.45) is 2.07. The number of carboxylic acid groups (broad SMARTS) is 1. The molecular formula is C19H21FN2O5. The maximum atomic E-state index is 15.0. The Morgan fingerprint density at radius 1 is 1.33 bits per heavy atom. The molecule has 1 aromatic carbocycles. The van der Waals surface area contributed by atoms with E-state index in [2.05, 4.69) is 4.98 Å². The lowest BCUT2D eigenvalue weighted by Gasteiger charge is -2.33. The van der Waals surface area contributed by atoms with Crippen molar-refractivity contribution in [3.8, 4) is 0 Å². The second-order valence-corrected chi connectivity index (χ2v) is 6.86. The molecule has 2 aromatic rings. The Bertz CT molecular complexity index is 961. The number of aliphatic hydroxyl groups excluding tert-OH is 1. The molecule has 3 rings (SSSR count). The Morgan fingerprint density at radius 2 is 2.00 bits per heavy atom. The van der Waals surface area contributed by atoms with Crippen LogP contribution in [0.2, 0.25) is 0 Å². The highest BCUT2D eigenvalue weighted by atomic mass is 19.1. The van der Waals surface area contributed by atoms with E-state index in [1.54, 1.807) is 4.90 Å². The number of rotatable bonds is 5. The van der Waals surface area contributed by atoms with Crippen molar-refractivity contribution in [3.05, 3.63) is 39.4 Å². The van der Waals surface area contributed by atoms with E-state index in [1.807, 2.05) is 0 Å². The number of carboxylic acids is 1. The van der Waals surface area contributed by atoms with Crippen LogP contribution in [0.5, 0.6) is 0 Å². The highest BCUT2D eigenvalue weighted by Gasteiger charge is 2.25. The fourth-order valence-electron chi connectivity index (χ4n) is 3.53. The Balaban J connectivity index is 2.21. The number of H-pyrrole nitrogens is 1. The summed E-state index contributed by atoms with van der Waals surface area (Å²) in [7, 11) is 0. The summed E-state index contributed by atoms with van der Waals surface area (Å²) < 4.78 is 15.0. The van der Waals surface area contributed by atoms with Gasteiger partial charge < -0.3 is 24.9 Å². The molecular weight excluding hydrogens is 355 g/mol. The van der Waals surface area contributed by atoms with Crippen LogP contribution in [0.3, 0.4) is 0 Å². The van der Waals surface area contributed by atoms with Gasteiger partial charge in [0.25, 0.3) is 0 Å². The van der Waals surface area contributed by atoms with Gasteiger partial charge in [0.05, 0.1) is 17.3 Å². The minimum Gasteiger partial charge on any atom is -0.477 e. The van der Waals surface area contributed by atoms with Gasteiger partial charge in [-0.3, -0.25) is 4.79 Å². The number of halogens is 1. The average Bonchev–Trinajstić information content (AvgIpc) is 2.61. The summed E-state index contributed by atoms with van der Waals surface area (Å²) in [5.41, 5.74) is -0.109. The minimum absolute atomic E-state index is 0.0493. The van der Waals surface area contributed by atoms with Gasteiger partial charge in [-0.1, -0.05) is 0 Å². The molecule has 7 nitrogen and oxygen atoms in total. The van der Waals surface area contributed by atoms with Gasteiger partial charge in [-0.15, -0.1) is 0 Å². The summed E-state index contributed by atoms with van der Waals surface area (Å²) in [6, 6.07) is 1.05. The Hall–Kier alpha value is -2.74. The minimum atomic E-state index is -1.39. The van der Waals surface area contributed by atoms with E-state index in [0.717, 1.165) is 12.3 Å². The van der Waals surface area contributed by atoms with Crippen molar-refractivity contribution in [2.24, 2.45) is 0 Å². The van der Waals surface area contributed by atoms with Crippen molar-refractivity contribution in [3.63, 3.8) is 0 Å². The number of hydrogen-bond donors (Lipinski definition) is 3. The molecule has 1 aromatic heterocycles. The molecule has 0 saturated carbocycles. The van der Waals surface area contributed by atoms with E-state index in [1.165, 1.54) is 6.92 Å². The largest absolute Gasteiger partial charge is 0.477 e. The number of hydrogen-bond acceptors (Lipinski definition) is 5. The summed E-state index contributed by atoms with van der Waals surface area (Å²) >= 11 is 0. The topological polar surface area (TPSA) is 111 Å². The van der Waals surface area contributed by atoms with Crippen LogP contribution in [0.15, 0.2) is 17.1 Å². The van der Waals surface area contributed by atoms with Crippen LogP contribution in [0, 0.1) is 5.82 Å². The number of aliphatic hydroxyl groups is 1. The molecule has 0 aliphatic carbocycles. The molecule has 1 aliphatic heterocycles. The second-order valence-electron chi connectivity index (χ2n) is 6.86. The first kappa shape index (κ1) is 19.0. The molecule has 2 heterocycles. The SMILES string of the molecule is CC(=O)CCc1c(N2CCC(O)CC2)c(F)cc2c(=O)c(C(=O)O)c[nH]c12. The number of aromatic nitrogens is 1. The molecule has 144 valence electrons. The molecule has 8 heteroatoms. The lowest BCUT2D eigenvalue weighted by molar-refractivity contribution is -0.116. The van der Waals surface area contributed by atoms with Gasteiger partial charge in [-0.05, 0) is 32.3 Å². The monoisotopic (exact) mass is 376 g/mol. The number of Topliss-reactive ketones (excluding diaryl/α,β-unsaturated/α-hetero) is 1. The number of fused-ring (bicyclic) bond motifs is 1. The molecule has 0 radical (unpaired) electrons. The summed E-state index contributed by atoms with van der Waals surface area (Å²) in [4.78, 5) is 39.8. The first-order chi connectivity index (χ1) is 12.8. The summed E-state index contributed by atoms with van der Waals surface area (Å²) in [5, 5.41) is 18.8. The number of anilines is 1. The fourth-order valence-corrected chi connectivity index (χ4v) is 3.53. The first-order valence-electron chi connectivity index (χ1n) is 8.82. The normalized spacial score (nSPS) is 15.3. The fraction of sp³-hybridized carbons (Fsp3) is 0.421. The van der Waals surface area contributed by atoms with Gasteiger partial charge in [0.2, 0.25) is 5.43 Å². The van der Waals surface area contributed by atoms with Crippen molar-refractivity contribution in [2.75, 3.05) is 18.0 Å². The van der Waals surface area contributed by atoms with Crippen molar-refractivity contribution < 1.29 is 24.2 Å². The zero-order valence-electron chi connectivity index (χ0n) is 14.9. The quantitative estimate of drug-likeness (QED) is 0.734. The Morgan fingerprint density at radius 3 is 2.59 bits per heavy atom. The third-order valence-electron chi connectivity index (χ3n) is 4.94. The molecule has 0 bridgehead atoms. The summed E-state index contributed by atoms with van der Waals surface area (Å²) in [6.45, 7) is 2.34. The smallest absolute Gasteiger partial charge is 0.341 e. The molecule has 1 aliphatic rings. The Kier molecular flexibility index (Phi) is 5.27. The molecule has 1 fully saturated rings. The van der Waals surface area contributed by atoms with E-state index < -0.39 is 28.9 Å². The van der Waals surface area contributed by atoms with Crippen molar-refractivity contribution >= 4 is 28.3 Å². The first-order valence-corrected chi connectivity index (χ1v) is 8.82. The predicted molar refractivity (Wildman–Crippen MR) is 97.9 cm³/mol. The number of nitrogens with zero attached hydrogens (tertiary/aromatic N) is 1. The van der Waals surface area contributed by atoms with Gasteiger partial charge in [0.1, 0.15) is 17.2 Å². The van der Waals surface area contributed by atoms with E-state index in [4.69, 9.17) is 5.11 Å². The van der Waals surface area contributed by atoms with E-state index in [0.29, 0.717) is 42.7 Å². The van der Waals surface area contributed by atoms with Gasteiger partial charge in [0, 0.05) is 36.7 Å². The lowest BCUT2D eigenvalue weighted by Crippen LogP contribution is -2.37. The number of ketones is 1. The third kappa shape index (κ3) is 3.71. The van der Waals surface area contributed by atoms with Crippen LogP contribution >= 0.6 is 0 Å². The molecule has 3 N–H and O–H groups in total. The zero-order valence-corrected chi connectivity index (χ0v) is 14.9. The van der Waals surface area contributed by atoms with Crippen LogP contribution in [0.4, 0.5) is 10.1 Å². The number of pyridine rings is 1. The number of carbonyl (C=O) groups is 2. The molecule has 0 unspecified atom stereocenters. The maximum absolute atomic E-state index is 15.0. The second kappa shape index (κ2) is 7.48. The highest BCUT2D eigenvalue weighted by Crippen LogP contribution is 2.33. The molecule has 1 saturated heterocycles. The third-order valence-corrected chi connectivity index (χ3v) is 4.94. The standard InChI is InChI=1S/C19H21FN2O5/c1-10(23)2-3-12-16-13(18(25)14(9-21-16)19(26)27)8-15(20)17(12)22-6-4-11(24)5-7-22/h8-9,11,24H,2-7H2,1H3,(H,21,25)(H,26,27). The van der Waals surface area contributed by atoms with E-state index in [9.17, 15) is 19.5 Å². The number of nitrogens with one attached hydrogen (secondary N) is 1. The van der Waals surface area contributed by atoms with Crippen LogP contribution in [0.25, 0.3) is 10.9 Å². The number of benzene rings is 1. The zero-order chi connectivity index (χ0) is 19.7. The van der Waals surface area contributed by atoms with Crippen molar-refractivity contribution in [2.45, 2.75) is 38.7 Å². The van der Waals surface area contributed by atoms with Gasteiger partial charge >= 0.3 is 5.97 Å². The van der Waals surface area contributed by atoms with Crippen LogP contribution in [-0.2, 0) is 11.2 Å². The van der Waals surface area contributed by atoms with E-state index in [-0.39, 0.29) is 24.0 Å². The maximum Gasteiger partial charge on any atom is 0.341 e. The van der Waals surface area contributed by atoms with Crippen LogP contribution < -0.4 is 10.3 Å². The number of aromatic carboxylic acids is 1. The van der Waals surface area contributed by atoms with Crippen LogP contribution in [0.1, 0.15) is 42.1 Å². The van der Waals surface area contributed by atoms with E-state index >= 15 is 4.39 Å². The molecule has 0 atom stereocenters. The predicted octanol–water partition coefficient (Wildman–Crippen LogP) is 1.85. The lowest BCUT2D eigenvalue weighted by atomic mass is 9.97. The number of aromatic amines is 1. The summed E-state index contributed by atoms with van der Waals surface area (Å²) in [5.74, 6) is -2.10. The number of aryl methyl sites for hydroxylation is 1.